The van der Waals surface area contributed by atoms with Crippen LogP contribution in [0, 0.1) is 11.3 Å². The molecule has 44 heavy (non-hydrogen) atoms. The number of primary amides is 1. The molecule has 0 radical (unpaired) electrons. The number of hydrogen-bond donors (Lipinski definition) is 2. The summed E-state index contributed by atoms with van der Waals surface area (Å²) in [4.78, 5) is 18.9. The van der Waals surface area contributed by atoms with E-state index in [1.165, 1.54) is 29.5 Å². The first kappa shape index (κ1) is 34.6. The molecule has 2 aliphatic heterocycles. The molecule has 1 atom stereocenters. The second kappa shape index (κ2) is 17.4. The Bertz CT molecular complexity index is 1360. The predicted octanol–water partition coefficient (Wildman–Crippen LogP) is 4.31. The van der Waals surface area contributed by atoms with Gasteiger partial charge in [0.05, 0.1) is 23.5 Å². The Kier molecular flexibility index (Phi) is 13.7. The second-order valence-corrected chi connectivity index (χ2v) is 11.0. The number of para-hydroxylation sites is 1. The molecule has 0 spiro atoms. The Labute approximate surface area is 263 Å². The molecule has 5 rings (SSSR count). The molecular weight excluding hydrogens is 552 g/mol. The third-order valence-electron chi connectivity index (χ3n) is 7.98. The number of piperazine rings is 1. The van der Waals surface area contributed by atoms with Crippen LogP contribution in [0.4, 0.5) is 10.5 Å². The van der Waals surface area contributed by atoms with Crippen LogP contribution in [0.25, 0.3) is 5.57 Å². The standard InChI is InChI=1S/C31H39N7O2.C2H6.CH5N/c1-23-7-5-9-24(13-12-23)30-27-22-35(2)14-6-11-29(27)38(34-30)21-26(40-31(33)39)20-36-15-17-37(18-16-36)28-10-4-3-8-25(28)19-32;2*1-2/h3-5,7-8,10,12-13,26H,6,9,11,14-18,20-22H2,1-2H3,(H2,33,39);1-2H3;2H2,1H3. The van der Waals surface area contributed by atoms with E-state index in [0.717, 1.165) is 69.9 Å². The number of amides is 1. The van der Waals surface area contributed by atoms with Crippen LogP contribution in [0.1, 0.15) is 56.1 Å². The number of anilines is 1. The van der Waals surface area contributed by atoms with E-state index >= 15 is 0 Å². The minimum atomic E-state index is -0.762. The molecule has 2 aromatic rings. The first-order chi connectivity index (χ1) is 21.4. The van der Waals surface area contributed by atoms with E-state index in [1.807, 2.05) is 38.1 Å². The summed E-state index contributed by atoms with van der Waals surface area (Å²) in [6, 6.07) is 10.0. The lowest BCUT2D eigenvalue weighted by Gasteiger charge is -2.37. The van der Waals surface area contributed by atoms with E-state index in [2.05, 4.69) is 69.5 Å². The quantitative estimate of drug-likeness (QED) is 0.480. The monoisotopic (exact) mass is 602 g/mol. The van der Waals surface area contributed by atoms with Gasteiger partial charge in [-0.25, -0.2) is 4.79 Å². The minimum absolute atomic E-state index is 0.418. The molecular formula is C34H50N8O2. The van der Waals surface area contributed by atoms with Crippen molar-refractivity contribution in [2.45, 2.75) is 59.2 Å². The van der Waals surface area contributed by atoms with E-state index in [4.69, 9.17) is 15.6 Å². The average Bonchev–Trinajstić information content (AvgIpc) is 3.17. The van der Waals surface area contributed by atoms with Crippen LogP contribution in [0.5, 0.6) is 0 Å². The Balaban J connectivity index is 0.00000127. The number of ether oxygens (including phenoxy) is 1. The lowest BCUT2D eigenvalue weighted by atomic mass is 10.0. The van der Waals surface area contributed by atoms with Gasteiger partial charge in [0.1, 0.15) is 12.2 Å². The molecule has 3 aliphatic rings. The Morgan fingerprint density at radius 2 is 1.82 bits per heavy atom. The molecule has 1 aromatic carbocycles. The minimum Gasteiger partial charge on any atom is -0.443 e. The maximum absolute atomic E-state index is 11.9. The highest BCUT2D eigenvalue weighted by molar-refractivity contribution is 5.70. The number of nitrogens with zero attached hydrogens (tertiary/aromatic N) is 6. The van der Waals surface area contributed by atoms with Crippen molar-refractivity contribution in [3.63, 3.8) is 0 Å². The van der Waals surface area contributed by atoms with Crippen molar-refractivity contribution in [2.24, 2.45) is 11.5 Å². The molecule has 238 valence electrons. The summed E-state index contributed by atoms with van der Waals surface area (Å²) in [5.41, 5.74) is 17.7. The van der Waals surface area contributed by atoms with Crippen molar-refractivity contribution < 1.29 is 9.53 Å². The van der Waals surface area contributed by atoms with Crippen LogP contribution in [0.3, 0.4) is 0 Å². The third-order valence-corrected chi connectivity index (χ3v) is 7.98. The first-order valence-corrected chi connectivity index (χ1v) is 15.7. The van der Waals surface area contributed by atoms with Gasteiger partial charge in [0.25, 0.3) is 0 Å². The van der Waals surface area contributed by atoms with Crippen molar-refractivity contribution in [1.82, 2.24) is 19.6 Å². The molecule has 1 saturated heterocycles. The molecule has 4 N–H and O–H groups in total. The summed E-state index contributed by atoms with van der Waals surface area (Å²) in [6.07, 6.45) is 10.3. The first-order valence-electron chi connectivity index (χ1n) is 15.7. The number of hydrogen-bond acceptors (Lipinski definition) is 8. The molecule has 10 heteroatoms. The van der Waals surface area contributed by atoms with E-state index in [0.29, 0.717) is 18.7 Å². The van der Waals surface area contributed by atoms with E-state index in [-0.39, 0.29) is 0 Å². The molecule has 10 nitrogen and oxygen atoms in total. The highest BCUT2D eigenvalue weighted by Gasteiger charge is 2.28. The Hall–Kier alpha value is -3.91. The number of allylic oxidation sites excluding steroid dienone is 6. The van der Waals surface area contributed by atoms with Gasteiger partial charge in [-0.2, -0.15) is 10.4 Å². The van der Waals surface area contributed by atoms with E-state index in [1.54, 1.807) is 0 Å². The highest BCUT2D eigenvalue weighted by Crippen LogP contribution is 2.30. The number of carbonyl (C=O) groups excluding carboxylic acids is 1. The zero-order valence-electron chi connectivity index (χ0n) is 27.1. The number of rotatable bonds is 7. The number of fused-ring (bicyclic) bond motifs is 1. The van der Waals surface area contributed by atoms with Crippen LogP contribution in [0.2, 0.25) is 0 Å². The van der Waals surface area contributed by atoms with Gasteiger partial charge in [-0.05, 0) is 64.5 Å². The van der Waals surface area contributed by atoms with Crippen LogP contribution in [0.15, 0.2) is 54.1 Å². The molecule has 1 aliphatic carbocycles. The lowest BCUT2D eigenvalue weighted by molar-refractivity contribution is 0.0618. The number of carbonyl (C=O) groups is 1. The van der Waals surface area contributed by atoms with Crippen molar-refractivity contribution in [3.05, 3.63) is 76.7 Å². The molecule has 1 amide bonds. The van der Waals surface area contributed by atoms with Gasteiger partial charge in [-0.15, -0.1) is 0 Å². The van der Waals surface area contributed by atoms with Crippen LogP contribution >= 0.6 is 0 Å². The van der Waals surface area contributed by atoms with Gasteiger partial charge >= 0.3 is 6.09 Å². The fourth-order valence-corrected chi connectivity index (χ4v) is 5.95. The van der Waals surface area contributed by atoms with Gasteiger partial charge in [0.15, 0.2) is 0 Å². The summed E-state index contributed by atoms with van der Waals surface area (Å²) >= 11 is 0. The molecule has 0 saturated carbocycles. The fraction of sp³-hybridized carbons (Fsp3) is 0.500. The number of nitrogens with two attached hydrogens (primary N) is 2. The molecule has 3 heterocycles. The maximum atomic E-state index is 11.9. The highest BCUT2D eigenvalue weighted by atomic mass is 16.6. The Morgan fingerprint density at radius 1 is 1.09 bits per heavy atom. The normalized spacial score (nSPS) is 17.6. The summed E-state index contributed by atoms with van der Waals surface area (Å²) in [7, 11) is 3.66. The summed E-state index contributed by atoms with van der Waals surface area (Å²) in [5.74, 6) is 0. The van der Waals surface area contributed by atoms with Crippen molar-refractivity contribution in [2.75, 3.05) is 58.3 Å². The molecule has 0 bridgehead atoms. The van der Waals surface area contributed by atoms with Gasteiger partial charge in [-0.3, -0.25) is 9.58 Å². The molecule has 1 fully saturated rings. The molecule has 1 unspecified atom stereocenters. The lowest BCUT2D eigenvalue weighted by Crippen LogP contribution is -2.50. The average molecular weight is 603 g/mol. The van der Waals surface area contributed by atoms with Gasteiger partial charge in [0, 0.05) is 50.5 Å². The topological polar surface area (TPSA) is 130 Å². The largest absolute Gasteiger partial charge is 0.443 e. The second-order valence-electron chi connectivity index (χ2n) is 11.0. The van der Waals surface area contributed by atoms with Crippen molar-refractivity contribution in [1.29, 1.82) is 5.26 Å². The van der Waals surface area contributed by atoms with E-state index in [9.17, 15) is 10.1 Å². The molecule has 1 aromatic heterocycles. The third kappa shape index (κ3) is 9.05. The summed E-state index contributed by atoms with van der Waals surface area (Å²) < 4.78 is 7.74. The maximum Gasteiger partial charge on any atom is 0.404 e. The van der Waals surface area contributed by atoms with Crippen molar-refractivity contribution >= 4 is 17.4 Å². The summed E-state index contributed by atoms with van der Waals surface area (Å²) in [5, 5.41) is 14.6. The number of benzene rings is 1. The van der Waals surface area contributed by atoms with Crippen molar-refractivity contribution in [3.8, 4) is 6.07 Å². The fourth-order valence-electron chi connectivity index (χ4n) is 5.95. The predicted molar refractivity (Wildman–Crippen MR) is 178 cm³/mol. The smallest absolute Gasteiger partial charge is 0.404 e. The van der Waals surface area contributed by atoms with Gasteiger partial charge in [0.2, 0.25) is 0 Å². The van der Waals surface area contributed by atoms with Crippen LogP contribution in [-0.4, -0.2) is 85.1 Å². The van der Waals surface area contributed by atoms with Crippen LogP contribution in [-0.2, 0) is 24.2 Å². The van der Waals surface area contributed by atoms with Gasteiger partial charge in [-0.1, -0.05) is 55.9 Å². The van der Waals surface area contributed by atoms with Gasteiger partial charge < -0.3 is 26.0 Å². The number of nitriles is 1. The number of aromatic nitrogens is 2. The SMILES string of the molecule is CC.CC1=CC=C(c2nn(CC(CN3CCN(c4ccccc4C#N)CC3)OC(N)=O)c3c2CN(C)CCC3)CC=C1.CN. The summed E-state index contributed by atoms with van der Waals surface area (Å²) in [6.45, 7) is 12.2. The Morgan fingerprint density at radius 3 is 2.52 bits per heavy atom. The van der Waals surface area contributed by atoms with Crippen LogP contribution < -0.4 is 16.4 Å². The van der Waals surface area contributed by atoms with E-state index < -0.39 is 12.2 Å². The zero-order valence-corrected chi connectivity index (χ0v) is 27.1. The zero-order chi connectivity index (χ0) is 32.1.